The van der Waals surface area contributed by atoms with Gasteiger partial charge in [0.05, 0.1) is 6.04 Å². The number of hydrogen-bond acceptors (Lipinski definition) is 3. The molecule has 1 aliphatic heterocycles. The smallest absolute Gasteiger partial charge is 0.317 e. The summed E-state index contributed by atoms with van der Waals surface area (Å²) >= 11 is 6.03. The molecule has 27 heavy (non-hydrogen) atoms. The second kappa shape index (κ2) is 8.53. The second-order valence-electron chi connectivity index (χ2n) is 7.06. The summed E-state index contributed by atoms with van der Waals surface area (Å²) in [5.74, 6) is 1.69. The van der Waals surface area contributed by atoms with Crippen molar-refractivity contribution in [1.29, 1.82) is 0 Å². The van der Waals surface area contributed by atoms with E-state index >= 15 is 0 Å². The highest BCUT2D eigenvalue weighted by molar-refractivity contribution is 6.30. The number of nitrogens with one attached hydrogen (secondary N) is 1. The first-order valence-corrected chi connectivity index (χ1v) is 9.47. The maximum absolute atomic E-state index is 12.7. The number of halogens is 1. The standard InChI is InChI=1S/C21H25ClN2O3/c1-14(2)20(16-7-8-18-19(12-16)27-10-9-26-18)23-21(25)24(3)13-15-5-4-6-17(22)11-15/h4-8,11-12,14,20H,9-10,13H2,1-3H3,(H,23,25)/t20-/m0/s1. The third-order valence-electron chi connectivity index (χ3n) is 4.53. The highest BCUT2D eigenvalue weighted by Gasteiger charge is 2.23. The number of fused-ring (bicyclic) bond motifs is 1. The van der Waals surface area contributed by atoms with Gasteiger partial charge in [-0.1, -0.05) is 43.6 Å². The van der Waals surface area contributed by atoms with E-state index < -0.39 is 0 Å². The Morgan fingerprint density at radius 2 is 1.89 bits per heavy atom. The first kappa shape index (κ1) is 19.4. The molecule has 6 heteroatoms. The van der Waals surface area contributed by atoms with Crippen LogP contribution in [0.25, 0.3) is 0 Å². The van der Waals surface area contributed by atoms with Gasteiger partial charge in [0.15, 0.2) is 11.5 Å². The molecule has 0 aliphatic carbocycles. The number of rotatable bonds is 5. The van der Waals surface area contributed by atoms with Crippen LogP contribution >= 0.6 is 11.6 Å². The molecule has 2 amide bonds. The molecule has 1 N–H and O–H groups in total. The van der Waals surface area contributed by atoms with Crippen LogP contribution in [0.3, 0.4) is 0 Å². The van der Waals surface area contributed by atoms with E-state index in [-0.39, 0.29) is 18.0 Å². The Hall–Kier alpha value is -2.40. The van der Waals surface area contributed by atoms with Gasteiger partial charge in [-0.25, -0.2) is 4.79 Å². The molecule has 1 atom stereocenters. The molecule has 0 radical (unpaired) electrons. The molecular formula is C21H25ClN2O3. The van der Waals surface area contributed by atoms with Gasteiger partial charge in [-0.05, 0) is 41.3 Å². The van der Waals surface area contributed by atoms with Gasteiger partial charge in [0.25, 0.3) is 0 Å². The molecule has 1 aliphatic rings. The van der Waals surface area contributed by atoms with E-state index in [1.807, 2.05) is 42.5 Å². The Bertz CT molecular complexity index is 810. The Morgan fingerprint density at radius 1 is 1.15 bits per heavy atom. The fourth-order valence-corrected chi connectivity index (χ4v) is 3.33. The van der Waals surface area contributed by atoms with Crippen LogP contribution in [-0.4, -0.2) is 31.2 Å². The summed E-state index contributed by atoms with van der Waals surface area (Å²) in [6.07, 6.45) is 0. The fraction of sp³-hybridized carbons (Fsp3) is 0.381. The molecule has 144 valence electrons. The van der Waals surface area contributed by atoms with Crippen molar-refractivity contribution in [1.82, 2.24) is 10.2 Å². The van der Waals surface area contributed by atoms with Crippen molar-refractivity contribution in [3.05, 3.63) is 58.6 Å². The molecule has 2 aromatic carbocycles. The zero-order valence-electron chi connectivity index (χ0n) is 15.9. The summed E-state index contributed by atoms with van der Waals surface area (Å²) in [5, 5.41) is 3.80. The lowest BCUT2D eigenvalue weighted by Gasteiger charge is -2.28. The molecule has 3 rings (SSSR count). The van der Waals surface area contributed by atoms with Gasteiger partial charge < -0.3 is 19.7 Å². The van der Waals surface area contributed by atoms with Crippen LogP contribution < -0.4 is 14.8 Å². The normalized spacial score (nSPS) is 14.0. The molecule has 0 unspecified atom stereocenters. The van der Waals surface area contributed by atoms with E-state index in [1.54, 1.807) is 11.9 Å². The summed E-state index contributed by atoms with van der Waals surface area (Å²) in [6.45, 7) is 5.75. The van der Waals surface area contributed by atoms with Crippen molar-refractivity contribution in [2.24, 2.45) is 5.92 Å². The van der Waals surface area contributed by atoms with Crippen molar-refractivity contribution in [2.45, 2.75) is 26.4 Å². The average Bonchev–Trinajstić information content (AvgIpc) is 2.65. The van der Waals surface area contributed by atoms with Crippen molar-refractivity contribution in [2.75, 3.05) is 20.3 Å². The summed E-state index contributed by atoms with van der Waals surface area (Å²) < 4.78 is 11.3. The molecular weight excluding hydrogens is 364 g/mol. The van der Waals surface area contributed by atoms with Crippen LogP contribution in [0.2, 0.25) is 5.02 Å². The number of urea groups is 1. The second-order valence-corrected chi connectivity index (χ2v) is 7.50. The number of carbonyl (C=O) groups excluding carboxylic acids is 1. The largest absolute Gasteiger partial charge is 0.486 e. The molecule has 0 fully saturated rings. The van der Waals surface area contributed by atoms with Gasteiger partial charge >= 0.3 is 6.03 Å². The van der Waals surface area contributed by atoms with Gasteiger partial charge in [-0.2, -0.15) is 0 Å². The molecule has 0 saturated heterocycles. The molecule has 2 aromatic rings. The summed E-state index contributed by atoms with van der Waals surface area (Å²) in [5.41, 5.74) is 1.99. The lowest BCUT2D eigenvalue weighted by molar-refractivity contribution is 0.171. The third-order valence-corrected chi connectivity index (χ3v) is 4.76. The van der Waals surface area contributed by atoms with E-state index in [0.717, 1.165) is 22.6 Å². The zero-order valence-corrected chi connectivity index (χ0v) is 16.6. The van der Waals surface area contributed by atoms with Crippen LogP contribution in [-0.2, 0) is 6.54 Å². The zero-order chi connectivity index (χ0) is 19.4. The summed E-state index contributed by atoms with van der Waals surface area (Å²) in [7, 11) is 1.78. The molecule has 5 nitrogen and oxygen atoms in total. The number of carbonyl (C=O) groups is 1. The number of ether oxygens (including phenoxy) is 2. The minimum Gasteiger partial charge on any atom is -0.486 e. The van der Waals surface area contributed by atoms with Crippen molar-refractivity contribution in [3.63, 3.8) is 0 Å². The van der Waals surface area contributed by atoms with E-state index in [1.165, 1.54) is 0 Å². The first-order valence-electron chi connectivity index (χ1n) is 9.09. The lowest BCUT2D eigenvalue weighted by Crippen LogP contribution is -2.40. The maximum Gasteiger partial charge on any atom is 0.317 e. The lowest BCUT2D eigenvalue weighted by atomic mass is 9.95. The Labute approximate surface area is 165 Å². The van der Waals surface area contributed by atoms with Gasteiger partial charge in [0, 0.05) is 18.6 Å². The molecule has 0 aromatic heterocycles. The fourth-order valence-electron chi connectivity index (χ4n) is 3.11. The van der Waals surface area contributed by atoms with Gasteiger partial charge in [-0.3, -0.25) is 0 Å². The maximum atomic E-state index is 12.7. The summed E-state index contributed by atoms with van der Waals surface area (Å²) in [4.78, 5) is 14.4. The first-order chi connectivity index (χ1) is 12.9. The SMILES string of the molecule is CC(C)[C@H](NC(=O)N(C)Cc1cccc(Cl)c1)c1ccc2c(c1)OCCO2. The number of amides is 2. The molecule has 0 bridgehead atoms. The molecule has 1 heterocycles. The third kappa shape index (κ3) is 4.86. The van der Waals surface area contributed by atoms with Crippen LogP contribution in [0.1, 0.15) is 31.0 Å². The average molecular weight is 389 g/mol. The number of benzene rings is 2. The van der Waals surface area contributed by atoms with Crippen molar-refractivity contribution < 1.29 is 14.3 Å². The van der Waals surface area contributed by atoms with E-state index in [9.17, 15) is 4.79 Å². The highest BCUT2D eigenvalue weighted by Crippen LogP contribution is 2.34. The van der Waals surface area contributed by atoms with Crippen LogP contribution in [0.4, 0.5) is 4.79 Å². The monoisotopic (exact) mass is 388 g/mol. The minimum atomic E-state index is -0.136. The Morgan fingerprint density at radius 3 is 2.59 bits per heavy atom. The van der Waals surface area contributed by atoms with Crippen LogP contribution in [0.5, 0.6) is 11.5 Å². The topological polar surface area (TPSA) is 50.8 Å². The molecule has 0 spiro atoms. The van der Waals surface area contributed by atoms with Crippen LogP contribution in [0, 0.1) is 5.92 Å². The number of nitrogens with zero attached hydrogens (tertiary/aromatic N) is 1. The summed E-state index contributed by atoms with van der Waals surface area (Å²) in [6, 6.07) is 13.1. The predicted octanol–water partition coefficient (Wildman–Crippen LogP) is 4.65. The van der Waals surface area contributed by atoms with Gasteiger partial charge in [0.2, 0.25) is 0 Å². The Balaban J connectivity index is 1.71. The van der Waals surface area contributed by atoms with Crippen molar-refractivity contribution in [3.8, 4) is 11.5 Å². The quantitative estimate of drug-likeness (QED) is 0.811. The Kier molecular flexibility index (Phi) is 6.11. The van der Waals surface area contributed by atoms with Gasteiger partial charge in [0.1, 0.15) is 13.2 Å². The van der Waals surface area contributed by atoms with E-state index in [4.69, 9.17) is 21.1 Å². The predicted molar refractivity (Wildman–Crippen MR) is 106 cm³/mol. The van der Waals surface area contributed by atoms with Crippen molar-refractivity contribution >= 4 is 17.6 Å². The van der Waals surface area contributed by atoms with Crippen LogP contribution in [0.15, 0.2) is 42.5 Å². The molecule has 0 saturated carbocycles. The van der Waals surface area contributed by atoms with Gasteiger partial charge in [-0.15, -0.1) is 0 Å². The van der Waals surface area contributed by atoms with E-state index in [0.29, 0.717) is 24.8 Å². The highest BCUT2D eigenvalue weighted by atomic mass is 35.5. The van der Waals surface area contributed by atoms with E-state index in [2.05, 4.69) is 19.2 Å². The minimum absolute atomic E-state index is 0.130. The number of hydrogen-bond donors (Lipinski definition) is 1.